The molecule has 1 aromatic carbocycles. The highest BCUT2D eigenvalue weighted by Gasteiger charge is 2.26. The van der Waals surface area contributed by atoms with Gasteiger partial charge in [0.25, 0.3) is 0 Å². The van der Waals surface area contributed by atoms with Crippen LogP contribution in [-0.4, -0.2) is 42.6 Å². The van der Waals surface area contributed by atoms with E-state index in [0.717, 1.165) is 17.9 Å². The Kier molecular flexibility index (Phi) is 5.44. The summed E-state index contributed by atoms with van der Waals surface area (Å²) in [5.41, 5.74) is 5.92. The van der Waals surface area contributed by atoms with Gasteiger partial charge >= 0.3 is 0 Å². The van der Waals surface area contributed by atoms with Gasteiger partial charge < -0.3 is 20.1 Å². The molecule has 0 spiro atoms. The Balaban J connectivity index is 1.95. The summed E-state index contributed by atoms with van der Waals surface area (Å²) in [7, 11) is 0. The molecule has 1 heterocycles. The average molecular weight is 292 g/mol. The van der Waals surface area contributed by atoms with Gasteiger partial charge in [-0.3, -0.25) is 4.79 Å². The van der Waals surface area contributed by atoms with Crippen LogP contribution in [0.15, 0.2) is 24.3 Å². The maximum Gasteiger partial charge on any atom is 0.239 e. The van der Waals surface area contributed by atoms with Gasteiger partial charge in [0, 0.05) is 6.54 Å². The van der Waals surface area contributed by atoms with Crippen LogP contribution < -0.4 is 15.2 Å². The molecule has 0 fully saturated rings. The zero-order valence-electron chi connectivity index (χ0n) is 12.7. The van der Waals surface area contributed by atoms with E-state index in [1.807, 2.05) is 38.1 Å². The fourth-order valence-corrected chi connectivity index (χ4v) is 2.44. The number of hydrogen-bond acceptors (Lipinski definition) is 4. The van der Waals surface area contributed by atoms with Crippen molar-refractivity contribution in [2.75, 3.05) is 19.7 Å². The lowest BCUT2D eigenvalue weighted by atomic mass is 10.1. The molecule has 2 N–H and O–H groups in total. The van der Waals surface area contributed by atoms with Crippen LogP contribution in [0.3, 0.4) is 0 Å². The van der Waals surface area contributed by atoms with Gasteiger partial charge in [0.2, 0.25) is 5.91 Å². The third-order valence-corrected chi connectivity index (χ3v) is 3.60. The van der Waals surface area contributed by atoms with Crippen LogP contribution in [0.4, 0.5) is 0 Å². The Morgan fingerprint density at radius 3 is 2.76 bits per heavy atom. The second-order valence-electron chi connectivity index (χ2n) is 5.27. The molecule has 0 aliphatic carbocycles. The molecular formula is C16H24N2O3. The monoisotopic (exact) mass is 292 g/mol. The highest BCUT2D eigenvalue weighted by atomic mass is 16.6. The molecule has 1 aliphatic heterocycles. The van der Waals surface area contributed by atoms with Gasteiger partial charge in [0.1, 0.15) is 6.61 Å². The van der Waals surface area contributed by atoms with Crippen LogP contribution in [0.2, 0.25) is 0 Å². The molecule has 0 saturated heterocycles. The standard InChI is InChI=1S/C16H24N2O3/c1-3-7-13(17)16(19)18(4-2)10-12-11-20-14-8-5-6-9-15(14)21-12/h5-6,8-9,12-13H,3-4,7,10-11,17H2,1-2H3/t12?,13-/m0/s1. The van der Waals surface area contributed by atoms with Gasteiger partial charge in [-0.15, -0.1) is 0 Å². The van der Waals surface area contributed by atoms with Gasteiger partial charge in [-0.2, -0.15) is 0 Å². The van der Waals surface area contributed by atoms with Crippen molar-refractivity contribution in [2.45, 2.75) is 38.8 Å². The first-order chi connectivity index (χ1) is 10.2. The smallest absolute Gasteiger partial charge is 0.239 e. The number of carbonyl (C=O) groups is 1. The summed E-state index contributed by atoms with van der Waals surface area (Å²) in [6.07, 6.45) is 1.46. The first kappa shape index (κ1) is 15.6. The van der Waals surface area contributed by atoms with Crippen molar-refractivity contribution in [2.24, 2.45) is 5.73 Å². The summed E-state index contributed by atoms with van der Waals surface area (Å²) in [6, 6.07) is 7.15. The molecule has 21 heavy (non-hydrogen) atoms. The number of rotatable bonds is 6. The molecule has 1 aromatic rings. The van der Waals surface area contributed by atoms with Crippen molar-refractivity contribution in [1.29, 1.82) is 0 Å². The van der Waals surface area contributed by atoms with E-state index in [1.54, 1.807) is 4.90 Å². The topological polar surface area (TPSA) is 64.8 Å². The van der Waals surface area contributed by atoms with Crippen LogP contribution in [0.25, 0.3) is 0 Å². The zero-order valence-corrected chi connectivity index (χ0v) is 12.7. The van der Waals surface area contributed by atoms with Gasteiger partial charge in [-0.1, -0.05) is 25.5 Å². The number of likely N-dealkylation sites (N-methyl/N-ethyl adjacent to an activating group) is 1. The first-order valence-corrected chi connectivity index (χ1v) is 7.58. The minimum absolute atomic E-state index is 0.0122. The van der Waals surface area contributed by atoms with E-state index in [9.17, 15) is 4.79 Å². The summed E-state index contributed by atoms with van der Waals surface area (Å²) in [6.45, 7) is 5.55. The lowest BCUT2D eigenvalue weighted by Gasteiger charge is -2.32. The predicted molar refractivity (Wildman–Crippen MR) is 81.5 cm³/mol. The van der Waals surface area contributed by atoms with Gasteiger partial charge in [-0.25, -0.2) is 0 Å². The Morgan fingerprint density at radius 1 is 1.38 bits per heavy atom. The fraction of sp³-hybridized carbons (Fsp3) is 0.562. The number of amides is 1. The summed E-state index contributed by atoms with van der Waals surface area (Å²) < 4.78 is 11.6. The Labute approximate surface area is 126 Å². The van der Waals surface area contributed by atoms with E-state index in [-0.39, 0.29) is 12.0 Å². The number of para-hydroxylation sites is 2. The number of hydrogen-bond donors (Lipinski definition) is 1. The predicted octanol–water partition coefficient (Wildman–Crippen LogP) is 1.80. The Bertz CT molecular complexity index is 478. The summed E-state index contributed by atoms with van der Waals surface area (Å²) in [5, 5.41) is 0. The van der Waals surface area contributed by atoms with Crippen molar-refractivity contribution in [1.82, 2.24) is 4.90 Å². The Hall–Kier alpha value is -1.75. The van der Waals surface area contributed by atoms with Crippen molar-refractivity contribution in [3.63, 3.8) is 0 Å². The molecule has 1 amide bonds. The molecule has 2 atom stereocenters. The molecule has 0 bridgehead atoms. The molecular weight excluding hydrogens is 268 g/mol. The number of carbonyl (C=O) groups excluding carboxylic acids is 1. The van der Waals surface area contributed by atoms with Crippen molar-refractivity contribution in [3.8, 4) is 11.5 Å². The van der Waals surface area contributed by atoms with Crippen molar-refractivity contribution < 1.29 is 14.3 Å². The van der Waals surface area contributed by atoms with E-state index < -0.39 is 6.04 Å². The van der Waals surface area contributed by atoms with Crippen molar-refractivity contribution in [3.05, 3.63) is 24.3 Å². The van der Waals surface area contributed by atoms with E-state index >= 15 is 0 Å². The maximum absolute atomic E-state index is 12.3. The first-order valence-electron chi connectivity index (χ1n) is 7.58. The number of ether oxygens (including phenoxy) is 2. The van der Waals surface area contributed by atoms with Crippen LogP contribution in [0.1, 0.15) is 26.7 Å². The third-order valence-electron chi connectivity index (χ3n) is 3.60. The molecule has 5 nitrogen and oxygen atoms in total. The molecule has 0 aromatic heterocycles. The van der Waals surface area contributed by atoms with Crippen LogP contribution in [0.5, 0.6) is 11.5 Å². The minimum Gasteiger partial charge on any atom is -0.486 e. The average Bonchev–Trinajstić information content (AvgIpc) is 2.52. The molecule has 1 aliphatic rings. The molecule has 0 saturated carbocycles. The quantitative estimate of drug-likeness (QED) is 0.868. The summed E-state index contributed by atoms with van der Waals surface area (Å²) in [4.78, 5) is 14.0. The minimum atomic E-state index is -0.424. The summed E-state index contributed by atoms with van der Waals surface area (Å²) >= 11 is 0. The number of fused-ring (bicyclic) bond motifs is 1. The number of benzene rings is 1. The molecule has 1 unspecified atom stereocenters. The second kappa shape index (κ2) is 7.31. The largest absolute Gasteiger partial charge is 0.486 e. The lowest BCUT2D eigenvalue weighted by molar-refractivity contribution is -0.134. The lowest BCUT2D eigenvalue weighted by Crippen LogP contribution is -2.49. The normalized spacial score (nSPS) is 18.1. The fourth-order valence-electron chi connectivity index (χ4n) is 2.44. The molecule has 5 heteroatoms. The van der Waals surface area contributed by atoms with Gasteiger partial charge in [0.05, 0.1) is 12.6 Å². The second-order valence-corrected chi connectivity index (χ2v) is 5.27. The van der Waals surface area contributed by atoms with Crippen molar-refractivity contribution >= 4 is 5.91 Å². The van der Waals surface area contributed by atoms with E-state index in [0.29, 0.717) is 26.1 Å². The van der Waals surface area contributed by atoms with Crippen LogP contribution >= 0.6 is 0 Å². The molecule has 0 radical (unpaired) electrons. The van der Waals surface area contributed by atoms with E-state index in [2.05, 4.69) is 0 Å². The Morgan fingerprint density at radius 2 is 2.10 bits per heavy atom. The highest BCUT2D eigenvalue weighted by Crippen LogP contribution is 2.31. The van der Waals surface area contributed by atoms with E-state index in [4.69, 9.17) is 15.2 Å². The van der Waals surface area contributed by atoms with Crippen LogP contribution in [-0.2, 0) is 4.79 Å². The number of nitrogens with two attached hydrogens (primary N) is 1. The molecule has 2 rings (SSSR count). The van der Waals surface area contributed by atoms with Gasteiger partial charge in [0.15, 0.2) is 17.6 Å². The third kappa shape index (κ3) is 3.88. The van der Waals surface area contributed by atoms with Gasteiger partial charge in [-0.05, 0) is 25.5 Å². The SMILES string of the molecule is CCC[C@H](N)C(=O)N(CC)CC1COc2ccccc2O1. The van der Waals surface area contributed by atoms with E-state index in [1.165, 1.54) is 0 Å². The zero-order chi connectivity index (χ0) is 15.2. The van der Waals surface area contributed by atoms with Crippen LogP contribution in [0, 0.1) is 0 Å². The number of nitrogens with zero attached hydrogens (tertiary/aromatic N) is 1. The maximum atomic E-state index is 12.3. The molecule has 116 valence electrons. The highest BCUT2D eigenvalue weighted by molar-refractivity contribution is 5.81. The summed E-state index contributed by atoms with van der Waals surface area (Å²) in [5.74, 6) is 1.47.